The van der Waals surface area contributed by atoms with Gasteiger partial charge in [-0.15, -0.1) is 0 Å². The van der Waals surface area contributed by atoms with Gasteiger partial charge in [0.25, 0.3) is 10.2 Å². The zero-order chi connectivity index (χ0) is 18.7. The molecule has 2 aromatic rings. The lowest BCUT2D eigenvalue weighted by atomic mass is 9.94. The fourth-order valence-electron chi connectivity index (χ4n) is 3.25. The highest BCUT2D eigenvalue weighted by atomic mass is 32.2. The normalized spacial score (nSPS) is 16.9. The van der Waals surface area contributed by atoms with Gasteiger partial charge in [-0.25, -0.2) is 4.39 Å². The molecule has 0 aliphatic carbocycles. The number of piperidine rings is 1. The van der Waals surface area contributed by atoms with Crippen LogP contribution in [0, 0.1) is 5.82 Å². The van der Waals surface area contributed by atoms with Gasteiger partial charge in [-0.05, 0) is 42.7 Å². The van der Waals surface area contributed by atoms with Crippen LogP contribution in [0.25, 0.3) is 0 Å². The quantitative estimate of drug-likeness (QED) is 0.805. The molecule has 140 valence electrons. The SMILES string of the molecule is CN(C)S(=O)(=O)N1CCC(c2cccc(Cc3ccc(F)cc3)n2)CC1. The molecule has 1 aromatic heterocycles. The predicted molar refractivity (Wildman–Crippen MR) is 99.6 cm³/mol. The Morgan fingerprint density at radius 3 is 2.38 bits per heavy atom. The molecule has 0 saturated carbocycles. The number of halogens is 1. The molecule has 7 heteroatoms. The average molecular weight is 377 g/mol. The van der Waals surface area contributed by atoms with E-state index in [0.717, 1.165) is 29.8 Å². The second-order valence-corrected chi connectivity index (χ2v) is 8.96. The maximum atomic E-state index is 13.0. The average Bonchev–Trinajstić information content (AvgIpc) is 2.64. The molecular formula is C19H24FN3O2S. The van der Waals surface area contributed by atoms with Gasteiger partial charge in [0.2, 0.25) is 0 Å². The lowest BCUT2D eigenvalue weighted by Gasteiger charge is -2.32. The number of hydrogen-bond donors (Lipinski definition) is 0. The molecule has 1 saturated heterocycles. The highest BCUT2D eigenvalue weighted by Crippen LogP contribution is 2.28. The molecule has 0 radical (unpaired) electrons. The Balaban J connectivity index is 1.67. The molecule has 26 heavy (non-hydrogen) atoms. The van der Waals surface area contributed by atoms with Crippen molar-refractivity contribution in [1.82, 2.24) is 13.6 Å². The molecular weight excluding hydrogens is 353 g/mol. The monoisotopic (exact) mass is 377 g/mol. The number of benzene rings is 1. The summed E-state index contributed by atoms with van der Waals surface area (Å²) >= 11 is 0. The topological polar surface area (TPSA) is 53.5 Å². The second kappa shape index (κ2) is 7.82. The van der Waals surface area contributed by atoms with Gasteiger partial charge >= 0.3 is 0 Å². The van der Waals surface area contributed by atoms with E-state index >= 15 is 0 Å². The van der Waals surface area contributed by atoms with E-state index in [1.54, 1.807) is 26.2 Å². The third-order valence-electron chi connectivity index (χ3n) is 4.79. The summed E-state index contributed by atoms with van der Waals surface area (Å²) in [6.07, 6.45) is 2.18. The predicted octanol–water partition coefficient (Wildman–Crippen LogP) is 2.80. The van der Waals surface area contributed by atoms with Crippen LogP contribution in [0.2, 0.25) is 0 Å². The van der Waals surface area contributed by atoms with Gasteiger partial charge < -0.3 is 0 Å². The molecule has 0 N–H and O–H groups in total. The number of nitrogens with zero attached hydrogens (tertiary/aromatic N) is 3. The van der Waals surface area contributed by atoms with E-state index in [1.165, 1.54) is 20.7 Å². The van der Waals surface area contributed by atoms with Crippen LogP contribution in [0.4, 0.5) is 4.39 Å². The van der Waals surface area contributed by atoms with E-state index < -0.39 is 10.2 Å². The Hall–Kier alpha value is -1.83. The summed E-state index contributed by atoms with van der Waals surface area (Å²) in [4.78, 5) is 4.76. The summed E-state index contributed by atoms with van der Waals surface area (Å²) in [5.74, 6) is 0.0201. The van der Waals surface area contributed by atoms with Gasteiger partial charge in [0.15, 0.2) is 0 Å². The molecule has 0 unspecified atom stereocenters. The molecule has 1 aromatic carbocycles. The summed E-state index contributed by atoms with van der Waals surface area (Å²) in [7, 11) is -0.227. The summed E-state index contributed by atoms with van der Waals surface area (Å²) in [5.41, 5.74) is 2.96. The highest BCUT2D eigenvalue weighted by molar-refractivity contribution is 7.86. The van der Waals surface area contributed by atoms with Crippen molar-refractivity contribution >= 4 is 10.2 Å². The van der Waals surface area contributed by atoms with E-state index in [1.807, 2.05) is 18.2 Å². The van der Waals surface area contributed by atoms with Crippen molar-refractivity contribution < 1.29 is 12.8 Å². The molecule has 0 amide bonds. The molecule has 0 atom stereocenters. The Morgan fingerprint density at radius 1 is 1.12 bits per heavy atom. The first-order valence-electron chi connectivity index (χ1n) is 8.74. The van der Waals surface area contributed by atoms with Crippen molar-refractivity contribution in [3.05, 3.63) is 65.2 Å². The summed E-state index contributed by atoms with van der Waals surface area (Å²) in [6.45, 7) is 1.02. The maximum absolute atomic E-state index is 13.0. The van der Waals surface area contributed by atoms with Crippen LogP contribution in [0.3, 0.4) is 0 Å². The molecule has 1 fully saturated rings. The summed E-state index contributed by atoms with van der Waals surface area (Å²) in [5, 5.41) is 0. The van der Waals surface area contributed by atoms with Crippen molar-refractivity contribution in [3.8, 4) is 0 Å². The number of hydrogen-bond acceptors (Lipinski definition) is 3. The Bertz CT molecular complexity index is 845. The third-order valence-corrected chi connectivity index (χ3v) is 6.73. The van der Waals surface area contributed by atoms with Gasteiger partial charge in [0.05, 0.1) is 0 Å². The second-order valence-electron chi connectivity index (χ2n) is 6.82. The first-order chi connectivity index (χ1) is 12.4. The van der Waals surface area contributed by atoms with Crippen molar-refractivity contribution in [2.45, 2.75) is 25.2 Å². The molecule has 1 aliphatic heterocycles. The van der Waals surface area contributed by atoms with Gasteiger partial charge in [0, 0.05) is 50.9 Å². The zero-order valence-electron chi connectivity index (χ0n) is 15.1. The van der Waals surface area contributed by atoms with Crippen molar-refractivity contribution in [3.63, 3.8) is 0 Å². The first-order valence-corrected chi connectivity index (χ1v) is 10.1. The van der Waals surface area contributed by atoms with Crippen LogP contribution in [-0.4, -0.2) is 49.2 Å². The zero-order valence-corrected chi connectivity index (χ0v) is 15.9. The standard InChI is InChI=1S/C19H24FN3O2S/c1-22(2)26(24,25)23-12-10-16(11-13-23)19-5-3-4-18(21-19)14-15-6-8-17(20)9-7-15/h3-9,16H,10-14H2,1-2H3. The van der Waals surface area contributed by atoms with E-state index in [2.05, 4.69) is 0 Å². The summed E-state index contributed by atoms with van der Waals surface area (Å²) in [6, 6.07) is 12.4. The van der Waals surface area contributed by atoms with Crippen molar-refractivity contribution in [2.75, 3.05) is 27.2 Å². The minimum absolute atomic E-state index is 0.241. The van der Waals surface area contributed by atoms with Gasteiger partial charge in [0.1, 0.15) is 5.82 Å². The minimum atomic E-state index is -3.34. The van der Waals surface area contributed by atoms with Gasteiger partial charge in [-0.1, -0.05) is 18.2 Å². The highest BCUT2D eigenvalue weighted by Gasteiger charge is 2.30. The fraction of sp³-hybridized carbons (Fsp3) is 0.421. The van der Waals surface area contributed by atoms with E-state index in [9.17, 15) is 12.8 Å². The number of pyridine rings is 1. The molecule has 0 spiro atoms. The van der Waals surface area contributed by atoms with Crippen LogP contribution < -0.4 is 0 Å². The molecule has 3 rings (SSSR count). The molecule has 5 nitrogen and oxygen atoms in total. The lowest BCUT2D eigenvalue weighted by molar-refractivity contribution is 0.300. The van der Waals surface area contributed by atoms with Crippen molar-refractivity contribution in [2.24, 2.45) is 0 Å². The molecule has 1 aliphatic rings. The maximum Gasteiger partial charge on any atom is 0.281 e. The Morgan fingerprint density at radius 2 is 1.77 bits per heavy atom. The molecule has 2 heterocycles. The van der Waals surface area contributed by atoms with Crippen molar-refractivity contribution in [1.29, 1.82) is 0 Å². The Kier molecular flexibility index (Phi) is 5.70. The Labute approximate surface area is 154 Å². The minimum Gasteiger partial charge on any atom is -0.257 e. The largest absolute Gasteiger partial charge is 0.281 e. The van der Waals surface area contributed by atoms with Gasteiger partial charge in [-0.3, -0.25) is 4.98 Å². The lowest BCUT2D eigenvalue weighted by Crippen LogP contribution is -2.44. The van der Waals surface area contributed by atoms with Crippen LogP contribution in [0.1, 0.15) is 35.7 Å². The smallest absolute Gasteiger partial charge is 0.257 e. The van der Waals surface area contributed by atoms with E-state index in [4.69, 9.17) is 4.98 Å². The van der Waals surface area contributed by atoms with E-state index in [-0.39, 0.29) is 11.7 Å². The third kappa shape index (κ3) is 4.28. The molecule has 0 bridgehead atoms. The fourth-order valence-corrected chi connectivity index (χ4v) is 4.38. The first kappa shape index (κ1) is 18.9. The number of rotatable bonds is 5. The summed E-state index contributed by atoms with van der Waals surface area (Å²) < 4.78 is 40.3. The number of aromatic nitrogens is 1. The van der Waals surface area contributed by atoms with Crippen LogP contribution in [0.5, 0.6) is 0 Å². The van der Waals surface area contributed by atoms with E-state index in [0.29, 0.717) is 19.5 Å². The van der Waals surface area contributed by atoms with Crippen LogP contribution >= 0.6 is 0 Å². The van der Waals surface area contributed by atoms with Crippen LogP contribution in [-0.2, 0) is 16.6 Å². The van der Waals surface area contributed by atoms with Crippen LogP contribution in [0.15, 0.2) is 42.5 Å². The van der Waals surface area contributed by atoms with Gasteiger partial charge in [-0.2, -0.15) is 17.0 Å².